The first-order valence-corrected chi connectivity index (χ1v) is 6.63. The van der Waals surface area contributed by atoms with Crippen molar-refractivity contribution in [2.45, 2.75) is 26.0 Å². The summed E-state index contributed by atoms with van der Waals surface area (Å²) < 4.78 is 28.2. The van der Waals surface area contributed by atoms with Crippen LogP contribution in [-0.2, 0) is 11.4 Å². The lowest BCUT2D eigenvalue weighted by Crippen LogP contribution is -2.36. The van der Waals surface area contributed by atoms with E-state index in [0.717, 1.165) is 0 Å². The van der Waals surface area contributed by atoms with Crippen molar-refractivity contribution >= 4 is 17.3 Å². The van der Waals surface area contributed by atoms with Gasteiger partial charge in [-0.15, -0.1) is 0 Å². The van der Waals surface area contributed by atoms with E-state index in [0.29, 0.717) is 19.0 Å². The van der Waals surface area contributed by atoms with Crippen LogP contribution in [0.1, 0.15) is 18.9 Å². The fourth-order valence-electron chi connectivity index (χ4n) is 2.64. The Morgan fingerprint density at radius 3 is 2.82 bits per heavy atom. The van der Waals surface area contributed by atoms with E-state index in [2.05, 4.69) is 5.32 Å². The number of nitro benzene ring substituents is 1. The maximum Gasteiger partial charge on any atom is 0.308 e. The molecule has 0 bridgehead atoms. The van der Waals surface area contributed by atoms with E-state index >= 15 is 0 Å². The normalized spacial score (nSPS) is 17.6. The fraction of sp³-hybridized carbons (Fsp3) is 0.462. The number of benzene rings is 1. The summed E-state index contributed by atoms with van der Waals surface area (Å²) in [5, 5.41) is 22.7. The van der Waals surface area contributed by atoms with Crippen LogP contribution >= 0.6 is 0 Å². The molecule has 0 saturated carbocycles. The van der Waals surface area contributed by atoms with Gasteiger partial charge in [0.25, 0.3) is 0 Å². The molecule has 120 valence electrons. The van der Waals surface area contributed by atoms with Crippen molar-refractivity contribution in [2.75, 3.05) is 18.0 Å². The molecule has 1 fully saturated rings. The zero-order valence-electron chi connectivity index (χ0n) is 11.8. The van der Waals surface area contributed by atoms with Crippen LogP contribution in [0.25, 0.3) is 0 Å². The van der Waals surface area contributed by atoms with E-state index < -0.39 is 34.4 Å². The maximum absolute atomic E-state index is 14.2. The molecular formula is C13H15F2N3O4. The Bertz CT molecular complexity index is 624. The Labute approximate surface area is 124 Å². The van der Waals surface area contributed by atoms with Gasteiger partial charge in [0.1, 0.15) is 0 Å². The van der Waals surface area contributed by atoms with Gasteiger partial charge in [-0.25, -0.2) is 4.39 Å². The molecule has 1 aliphatic rings. The molecule has 2 N–H and O–H groups in total. The Morgan fingerprint density at radius 2 is 2.27 bits per heavy atom. The van der Waals surface area contributed by atoms with Gasteiger partial charge in [-0.05, 0) is 6.42 Å². The minimum atomic E-state index is -1.24. The first kappa shape index (κ1) is 16.1. The molecule has 1 aromatic carbocycles. The largest absolute Gasteiger partial charge is 0.391 e. The van der Waals surface area contributed by atoms with Crippen LogP contribution in [0.3, 0.4) is 0 Å². The zero-order chi connectivity index (χ0) is 16.4. The van der Waals surface area contributed by atoms with Gasteiger partial charge in [0, 0.05) is 31.6 Å². The predicted molar refractivity (Wildman–Crippen MR) is 73.4 cm³/mol. The van der Waals surface area contributed by atoms with Crippen molar-refractivity contribution < 1.29 is 23.6 Å². The molecule has 1 unspecified atom stereocenters. The summed E-state index contributed by atoms with van der Waals surface area (Å²) in [6.45, 7) is 1.07. The molecule has 1 aromatic rings. The van der Waals surface area contributed by atoms with E-state index in [9.17, 15) is 28.8 Å². The number of aliphatic hydroxyl groups is 1. The topological polar surface area (TPSA) is 95.7 Å². The minimum absolute atomic E-state index is 0.196. The summed E-state index contributed by atoms with van der Waals surface area (Å²) in [7, 11) is 0. The van der Waals surface area contributed by atoms with Gasteiger partial charge in [-0.2, -0.15) is 4.39 Å². The second-order valence-electron chi connectivity index (χ2n) is 5.07. The number of carbonyl (C=O) groups excluding carboxylic acids is 1. The molecule has 1 heterocycles. The van der Waals surface area contributed by atoms with Gasteiger partial charge in [0.15, 0.2) is 5.82 Å². The van der Waals surface area contributed by atoms with E-state index in [-0.39, 0.29) is 24.2 Å². The van der Waals surface area contributed by atoms with Gasteiger partial charge in [0.2, 0.25) is 11.7 Å². The highest BCUT2D eigenvalue weighted by Crippen LogP contribution is 2.34. The van der Waals surface area contributed by atoms with Crippen LogP contribution in [-0.4, -0.2) is 35.1 Å². The van der Waals surface area contributed by atoms with E-state index in [4.69, 9.17) is 0 Å². The molecule has 22 heavy (non-hydrogen) atoms. The lowest BCUT2D eigenvalue weighted by molar-refractivity contribution is -0.387. The fourth-order valence-corrected chi connectivity index (χ4v) is 2.64. The first-order chi connectivity index (χ1) is 10.3. The monoisotopic (exact) mass is 315 g/mol. The number of nitrogens with zero attached hydrogens (tertiary/aromatic N) is 2. The SMILES string of the molecule is CC(=O)NC1CCN(c2c(F)cc([N+](=O)[O-])c(F)c2CO)C1. The highest BCUT2D eigenvalue weighted by Gasteiger charge is 2.31. The average Bonchev–Trinajstić information content (AvgIpc) is 2.87. The molecule has 0 aliphatic carbocycles. The number of halogens is 2. The second kappa shape index (κ2) is 6.22. The highest BCUT2D eigenvalue weighted by atomic mass is 19.1. The van der Waals surface area contributed by atoms with Gasteiger partial charge in [0.05, 0.1) is 23.3 Å². The number of carbonyl (C=O) groups is 1. The molecule has 0 spiro atoms. The lowest BCUT2D eigenvalue weighted by Gasteiger charge is -2.22. The summed E-state index contributed by atoms with van der Waals surface area (Å²) >= 11 is 0. The molecule has 1 atom stereocenters. The third-order valence-corrected chi connectivity index (χ3v) is 3.53. The molecular weight excluding hydrogens is 300 g/mol. The van der Waals surface area contributed by atoms with Crippen molar-refractivity contribution in [3.05, 3.63) is 33.4 Å². The van der Waals surface area contributed by atoms with Gasteiger partial charge >= 0.3 is 5.69 Å². The van der Waals surface area contributed by atoms with Crippen molar-refractivity contribution in [2.24, 2.45) is 0 Å². The Kier molecular flexibility index (Phi) is 4.55. The van der Waals surface area contributed by atoms with E-state index in [1.165, 1.54) is 11.8 Å². The molecule has 0 aromatic heterocycles. The number of nitrogens with one attached hydrogen (secondary N) is 1. The van der Waals surface area contributed by atoms with Gasteiger partial charge < -0.3 is 15.3 Å². The summed E-state index contributed by atoms with van der Waals surface area (Å²) in [6, 6.07) is 0.289. The average molecular weight is 315 g/mol. The maximum atomic E-state index is 14.2. The number of hydrogen-bond acceptors (Lipinski definition) is 5. The van der Waals surface area contributed by atoms with E-state index in [1.807, 2.05) is 0 Å². The van der Waals surface area contributed by atoms with Crippen molar-refractivity contribution in [3.8, 4) is 0 Å². The summed E-state index contributed by atoms with van der Waals surface area (Å²) in [5.74, 6) is -2.45. The van der Waals surface area contributed by atoms with E-state index in [1.54, 1.807) is 0 Å². The molecule has 7 nitrogen and oxygen atoms in total. The van der Waals surface area contributed by atoms with Crippen molar-refractivity contribution in [1.82, 2.24) is 5.32 Å². The standard InChI is InChI=1S/C13H15F2N3O4/c1-7(20)16-8-2-3-17(5-8)13-9(6-19)12(15)11(18(21)22)4-10(13)14/h4,8,19H,2-3,5-6H2,1H3,(H,16,20). The molecule has 2 rings (SSSR count). The van der Waals surface area contributed by atoms with Crippen LogP contribution in [0, 0.1) is 21.7 Å². The first-order valence-electron chi connectivity index (χ1n) is 6.63. The number of anilines is 1. The third-order valence-electron chi connectivity index (χ3n) is 3.53. The van der Waals surface area contributed by atoms with Gasteiger partial charge in [-0.3, -0.25) is 14.9 Å². The molecule has 9 heteroatoms. The molecule has 1 aliphatic heterocycles. The minimum Gasteiger partial charge on any atom is -0.391 e. The second-order valence-corrected chi connectivity index (χ2v) is 5.07. The third kappa shape index (κ3) is 2.98. The van der Waals surface area contributed by atoms with Crippen molar-refractivity contribution in [3.63, 3.8) is 0 Å². The quantitative estimate of drug-likeness (QED) is 0.640. The number of rotatable bonds is 4. The molecule has 1 saturated heterocycles. The number of nitro groups is 1. The Balaban J connectivity index is 2.38. The van der Waals surface area contributed by atoms with Crippen LogP contribution in [0.2, 0.25) is 0 Å². The van der Waals surface area contributed by atoms with Gasteiger partial charge in [-0.1, -0.05) is 0 Å². The summed E-state index contributed by atoms with van der Waals surface area (Å²) in [5.41, 5.74) is -1.66. The van der Waals surface area contributed by atoms with Crippen LogP contribution in [0.4, 0.5) is 20.2 Å². The summed E-state index contributed by atoms with van der Waals surface area (Å²) in [4.78, 5) is 22.2. The molecule has 0 radical (unpaired) electrons. The predicted octanol–water partition coefficient (Wildman–Crippen LogP) is 1.08. The highest BCUT2D eigenvalue weighted by molar-refractivity contribution is 5.73. The number of amides is 1. The molecule has 1 amide bonds. The summed E-state index contributed by atoms with van der Waals surface area (Å²) in [6.07, 6.45) is 0.530. The lowest BCUT2D eigenvalue weighted by atomic mass is 10.1. The smallest absolute Gasteiger partial charge is 0.308 e. The number of hydrogen-bond donors (Lipinski definition) is 2. The zero-order valence-corrected chi connectivity index (χ0v) is 11.8. The number of aliphatic hydroxyl groups excluding tert-OH is 1. The Morgan fingerprint density at radius 1 is 1.59 bits per heavy atom. The Hall–Kier alpha value is -2.29. The van der Waals surface area contributed by atoms with Crippen LogP contribution < -0.4 is 10.2 Å². The van der Waals surface area contributed by atoms with Crippen LogP contribution in [0.5, 0.6) is 0 Å². The van der Waals surface area contributed by atoms with Crippen molar-refractivity contribution in [1.29, 1.82) is 0 Å². The van der Waals surface area contributed by atoms with Crippen LogP contribution in [0.15, 0.2) is 6.07 Å².